The van der Waals surface area contributed by atoms with E-state index in [2.05, 4.69) is 10.4 Å². The molecule has 0 fully saturated rings. The van der Waals surface area contributed by atoms with E-state index >= 15 is 0 Å². The third-order valence-corrected chi connectivity index (χ3v) is 4.87. The Morgan fingerprint density at radius 1 is 1.22 bits per heavy atom. The Kier molecular flexibility index (Phi) is 5.27. The second kappa shape index (κ2) is 7.63. The number of nitrogens with one attached hydrogen (secondary N) is 1. The molecule has 0 aliphatic rings. The molecule has 8 heteroatoms. The van der Waals surface area contributed by atoms with E-state index in [1.165, 1.54) is 12.0 Å². The van der Waals surface area contributed by atoms with Crippen LogP contribution in [0.25, 0.3) is 10.6 Å². The van der Waals surface area contributed by atoms with E-state index in [4.69, 9.17) is 4.74 Å². The molecule has 0 radical (unpaired) electrons. The van der Waals surface area contributed by atoms with Gasteiger partial charge in [-0.15, -0.1) is 11.3 Å². The molecule has 7 nitrogen and oxygen atoms in total. The van der Waals surface area contributed by atoms with Crippen LogP contribution < -0.4 is 10.1 Å². The number of aryl methyl sites for hydroxylation is 1. The molecule has 2 amide bonds. The molecular formula is C19H20N4O3S. The molecule has 0 bridgehead atoms. The quantitative estimate of drug-likeness (QED) is 0.733. The molecule has 0 unspecified atom stereocenters. The number of amides is 2. The number of benzene rings is 1. The molecule has 0 saturated carbocycles. The van der Waals surface area contributed by atoms with Gasteiger partial charge in [0.15, 0.2) is 0 Å². The zero-order chi connectivity index (χ0) is 19.6. The lowest BCUT2D eigenvalue weighted by Gasteiger charge is -2.15. The lowest BCUT2D eigenvalue weighted by atomic mass is 10.1. The van der Waals surface area contributed by atoms with Crippen molar-refractivity contribution < 1.29 is 14.3 Å². The summed E-state index contributed by atoms with van der Waals surface area (Å²) in [5.41, 5.74) is 2.06. The van der Waals surface area contributed by atoms with E-state index in [-0.39, 0.29) is 11.8 Å². The van der Waals surface area contributed by atoms with Crippen molar-refractivity contribution >= 4 is 28.8 Å². The van der Waals surface area contributed by atoms with E-state index in [0.717, 1.165) is 10.6 Å². The smallest absolute Gasteiger partial charge is 0.273 e. The molecule has 0 atom stereocenters. The Balaban J connectivity index is 1.86. The summed E-state index contributed by atoms with van der Waals surface area (Å²) in [6.45, 7) is 0. The monoisotopic (exact) mass is 384 g/mol. The number of methoxy groups -OCH3 is 1. The van der Waals surface area contributed by atoms with Gasteiger partial charge in [-0.1, -0.05) is 6.07 Å². The molecule has 2 heterocycles. The highest BCUT2D eigenvalue weighted by molar-refractivity contribution is 7.13. The SMILES string of the molecule is COc1ccc(NC(=O)c2cc(-c3cccs3)nn2C)cc1C(=O)N(C)C. The molecule has 27 heavy (non-hydrogen) atoms. The third kappa shape index (κ3) is 3.85. The standard InChI is InChI=1S/C19H20N4O3S/c1-22(2)19(25)13-10-12(7-8-16(13)26-4)20-18(24)15-11-14(21-23(15)3)17-6-5-9-27-17/h5-11H,1-4H3,(H,20,24). The maximum Gasteiger partial charge on any atom is 0.273 e. The number of carbonyl (C=O) groups is 2. The minimum atomic E-state index is -0.304. The van der Waals surface area contributed by atoms with Crippen molar-refractivity contribution in [3.8, 4) is 16.3 Å². The number of rotatable bonds is 5. The zero-order valence-corrected chi connectivity index (χ0v) is 16.3. The van der Waals surface area contributed by atoms with Gasteiger partial charge in [-0.3, -0.25) is 14.3 Å². The summed E-state index contributed by atoms with van der Waals surface area (Å²) < 4.78 is 6.79. The summed E-state index contributed by atoms with van der Waals surface area (Å²) >= 11 is 1.56. The van der Waals surface area contributed by atoms with Gasteiger partial charge in [-0.25, -0.2) is 0 Å². The summed E-state index contributed by atoms with van der Waals surface area (Å²) in [5.74, 6) is -0.0584. The van der Waals surface area contributed by atoms with Crippen LogP contribution in [0, 0.1) is 0 Å². The van der Waals surface area contributed by atoms with Crippen molar-refractivity contribution in [2.24, 2.45) is 7.05 Å². The highest BCUT2D eigenvalue weighted by atomic mass is 32.1. The molecule has 0 saturated heterocycles. The van der Waals surface area contributed by atoms with Gasteiger partial charge in [0.1, 0.15) is 17.1 Å². The molecular weight excluding hydrogens is 364 g/mol. The van der Waals surface area contributed by atoms with Crippen molar-refractivity contribution in [1.82, 2.24) is 14.7 Å². The number of anilines is 1. The fraction of sp³-hybridized carbons (Fsp3) is 0.211. The van der Waals surface area contributed by atoms with Crippen LogP contribution in [0.3, 0.4) is 0 Å². The highest BCUT2D eigenvalue weighted by Crippen LogP contribution is 2.26. The normalized spacial score (nSPS) is 10.5. The number of ether oxygens (including phenoxy) is 1. The van der Waals surface area contributed by atoms with Crippen LogP contribution in [0.15, 0.2) is 41.8 Å². The van der Waals surface area contributed by atoms with Gasteiger partial charge < -0.3 is 15.0 Å². The van der Waals surface area contributed by atoms with Crippen LogP contribution in [0.4, 0.5) is 5.69 Å². The predicted octanol–water partition coefficient (Wildman–Crippen LogP) is 3.11. The van der Waals surface area contributed by atoms with E-state index < -0.39 is 0 Å². The van der Waals surface area contributed by atoms with Gasteiger partial charge in [0.05, 0.1) is 17.6 Å². The number of carbonyl (C=O) groups excluding carboxylic acids is 2. The first-order valence-corrected chi connectivity index (χ1v) is 9.07. The first-order valence-electron chi connectivity index (χ1n) is 8.19. The number of hydrogen-bond donors (Lipinski definition) is 1. The number of aromatic nitrogens is 2. The first-order chi connectivity index (χ1) is 12.9. The van der Waals surface area contributed by atoms with E-state index in [1.54, 1.807) is 61.4 Å². The van der Waals surface area contributed by atoms with Crippen LogP contribution in [0.1, 0.15) is 20.8 Å². The van der Waals surface area contributed by atoms with Crippen LogP contribution in [-0.4, -0.2) is 47.7 Å². The average molecular weight is 384 g/mol. The van der Waals surface area contributed by atoms with Crippen molar-refractivity contribution in [2.45, 2.75) is 0 Å². The van der Waals surface area contributed by atoms with Gasteiger partial charge in [0.25, 0.3) is 11.8 Å². The molecule has 140 valence electrons. The van der Waals surface area contributed by atoms with Crippen LogP contribution in [0.5, 0.6) is 5.75 Å². The predicted molar refractivity (Wildman–Crippen MR) is 105 cm³/mol. The molecule has 1 N–H and O–H groups in total. The van der Waals surface area contributed by atoms with Crippen molar-refractivity contribution in [2.75, 3.05) is 26.5 Å². The van der Waals surface area contributed by atoms with Crippen LogP contribution in [0.2, 0.25) is 0 Å². The van der Waals surface area contributed by atoms with Gasteiger partial charge in [-0.05, 0) is 35.7 Å². The number of hydrogen-bond acceptors (Lipinski definition) is 5. The molecule has 0 aliphatic heterocycles. The van der Waals surface area contributed by atoms with Crippen molar-refractivity contribution in [1.29, 1.82) is 0 Å². The Morgan fingerprint density at radius 2 is 2.00 bits per heavy atom. The van der Waals surface area contributed by atoms with E-state index in [1.807, 2.05) is 17.5 Å². The summed E-state index contributed by atoms with van der Waals surface area (Å²) in [4.78, 5) is 27.5. The maximum absolute atomic E-state index is 12.7. The Labute approximate surface area is 161 Å². The van der Waals surface area contributed by atoms with Gasteiger partial charge in [0.2, 0.25) is 0 Å². The molecule has 0 spiro atoms. The first kappa shape index (κ1) is 18.7. The Hall–Kier alpha value is -3.13. The van der Waals surface area contributed by atoms with Crippen LogP contribution in [-0.2, 0) is 7.05 Å². The fourth-order valence-corrected chi connectivity index (χ4v) is 3.29. The number of nitrogens with zero attached hydrogens (tertiary/aromatic N) is 3. The second-order valence-corrected chi connectivity index (χ2v) is 7.03. The summed E-state index contributed by atoms with van der Waals surface area (Å²) in [6.07, 6.45) is 0. The highest BCUT2D eigenvalue weighted by Gasteiger charge is 2.18. The summed E-state index contributed by atoms with van der Waals surface area (Å²) in [6, 6.07) is 10.6. The van der Waals surface area contributed by atoms with Crippen LogP contribution >= 0.6 is 11.3 Å². The van der Waals surface area contributed by atoms with Gasteiger partial charge in [-0.2, -0.15) is 5.10 Å². The molecule has 1 aromatic carbocycles. The largest absolute Gasteiger partial charge is 0.496 e. The fourth-order valence-electron chi connectivity index (χ4n) is 2.61. The van der Waals surface area contributed by atoms with Gasteiger partial charge >= 0.3 is 0 Å². The van der Waals surface area contributed by atoms with E-state index in [9.17, 15) is 9.59 Å². The zero-order valence-electron chi connectivity index (χ0n) is 15.5. The van der Waals surface area contributed by atoms with E-state index in [0.29, 0.717) is 22.7 Å². The second-order valence-electron chi connectivity index (χ2n) is 6.08. The Bertz CT molecular complexity index is 977. The minimum absolute atomic E-state index is 0.205. The molecule has 2 aromatic heterocycles. The van der Waals surface area contributed by atoms with Crippen molar-refractivity contribution in [3.05, 3.63) is 53.0 Å². The van der Waals surface area contributed by atoms with Gasteiger partial charge in [0, 0.05) is 26.8 Å². The molecule has 3 rings (SSSR count). The Morgan fingerprint density at radius 3 is 2.63 bits per heavy atom. The summed E-state index contributed by atoms with van der Waals surface area (Å²) in [5, 5.41) is 9.18. The maximum atomic E-state index is 12.7. The lowest BCUT2D eigenvalue weighted by Crippen LogP contribution is -2.23. The topological polar surface area (TPSA) is 76.5 Å². The number of thiophene rings is 1. The molecule has 0 aliphatic carbocycles. The summed E-state index contributed by atoms with van der Waals surface area (Å²) in [7, 11) is 6.55. The minimum Gasteiger partial charge on any atom is -0.496 e. The average Bonchev–Trinajstić information content (AvgIpc) is 3.30. The lowest BCUT2D eigenvalue weighted by molar-refractivity contribution is 0.0824. The molecule has 3 aromatic rings. The third-order valence-electron chi connectivity index (χ3n) is 3.98. The van der Waals surface area contributed by atoms with Crippen molar-refractivity contribution in [3.63, 3.8) is 0 Å².